The zero-order valence-electron chi connectivity index (χ0n) is 8.41. The maximum absolute atomic E-state index is 11.6. The third kappa shape index (κ3) is 1.80. The van der Waals surface area contributed by atoms with Crippen molar-refractivity contribution < 1.29 is 4.79 Å². The first-order valence-electron chi connectivity index (χ1n) is 5.39. The van der Waals surface area contributed by atoms with Gasteiger partial charge in [-0.05, 0) is 12.8 Å². The van der Waals surface area contributed by atoms with Gasteiger partial charge in [-0.3, -0.25) is 4.79 Å². The summed E-state index contributed by atoms with van der Waals surface area (Å²) in [5, 5.41) is 5.97. The van der Waals surface area contributed by atoms with Gasteiger partial charge in [-0.25, -0.2) is 5.01 Å². The molecular formula is C10H17N3O. The van der Waals surface area contributed by atoms with Crippen molar-refractivity contribution in [3.8, 4) is 0 Å². The van der Waals surface area contributed by atoms with E-state index in [1.54, 1.807) is 5.01 Å². The second-order valence-electron chi connectivity index (χ2n) is 4.08. The summed E-state index contributed by atoms with van der Waals surface area (Å²) in [6, 6.07) is 0.348. The summed E-state index contributed by atoms with van der Waals surface area (Å²) in [5.74, 6) is 0.136. The Hall–Kier alpha value is -0.900. The molecule has 0 radical (unpaired) electrons. The Morgan fingerprint density at radius 1 is 1.36 bits per heavy atom. The Bertz CT molecular complexity index is 256. The number of amides is 1. The van der Waals surface area contributed by atoms with E-state index in [2.05, 4.69) is 5.10 Å². The van der Waals surface area contributed by atoms with Crippen molar-refractivity contribution in [2.75, 3.05) is 6.54 Å². The predicted octanol–water partition coefficient (Wildman–Crippen LogP) is 0.866. The molecule has 0 unspecified atom stereocenters. The highest BCUT2D eigenvalue weighted by Crippen LogP contribution is 2.25. The zero-order chi connectivity index (χ0) is 9.97. The first kappa shape index (κ1) is 9.65. The van der Waals surface area contributed by atoms with Crippen LogP contribution in [0.5, 0.6) is 0 Å². The lowest BCUT2D eigenvalue weighted by Gasteiger charge is -2.27. The molecule has 0 aromatic carbocycles. The third-order valence-electron chi connectivity index (χ3n) is 3.02. The lowest BCUT2D eigenvalue weighted by atomic mass is 9.95. The summed E-state index contributed by atoms with van der Waals surface area (Å²) in [5.41, 5.74) is 6.31. The van der Waals surface area contributed by atoms with Crippen molar-refractivity contribution in [1.29, 1.82) is 0 Å². The topological polar surface area (TPSA) is 58.7 Å². The minimum atomic E-state index is 0.136. The van der Waals surface area contributed by atoms with E-state index in [9.17, 15) is 4.79 Å². The highest BCUT2D eigenvalue weighted by Gasteiger charge is 2.30. The smallest absolute Gasteiger partial charge is 0.248 e. The number of rotatable bonds is 2. The van der Waals surface area contributed by atoms with Crippen LogP contribution in [0.15, 0.2) is 5.10 Å². The second-order valence-corrected chi connectivity index (χ2v) is 4.08. The molecule has 4 nitrogen and oxygen atoms in total. The minimum Gasteiger partial charge on any atom is -0.325 e. The van der Waals surface area contributed by atoms with Crippen LogP contribution in [0, 0.1) is 0 Å². The van der Waals surface area contributed by atoms with Gasteiger partial charge in [0.05, 0.1) is 18.2 Å². The van der Waals surface area contributed by atoms with Crippen molar-refractivity contribution in [3.63, 3.8) is 0 Å². The summed E-state index contributed by atoms with van der Waals surface area (Å²) in [7, 11) is 0. The van der Waals surface area contributed by atoms with Crippen LogP contribution in [0.3, 0.4) is 0 Å². The zero-order valence-corrected chi connectivity index (χ0v) is 8.41. The van der Waals surface area contributed by atoms with Crippen LogP contribution >= 0.6 is 0 Å². The molecule has 0 spiro atoms. The van der Waals surface area contributed by atoms with Gasteiger partial charge in [0.2, 0.25) is 5.91 Å². The molecule has 0 aromatic rings. The summed E-state index contributed by atoms with van der Waals surface area (Å²) >= 11 is 0. The fourth-order valence-corrected chi connectivity index (χ4v) is 2.22. The van der Waals surface area contributed by atoms with E-state index in [-0.39, 0.29) is 5.91 Å². The highest BCUT2D eigenvalue weighted by atomic mass is 16.2. The average Bonchev–Trinajstić information content (AvgIpc) is 2.61. The number of carbonyl (C=O) groups is 1. The van der Waals surface area contributed by atoms with Crippen LogP contribution in [0.4, 0.5) is 0 Å². The van der Waals surface area contributed by atoms with Crippen molar-refractivity contribution in [1.82, 2.24) is 5.01 Å². The van der Waals surface area contributed by atoms with E-state index < -0.39 is 0 Å². The lowest BCUT2D eigenvalue weighted by Crippen LogP contribution is -2.34. The Labute approximate surface area is 84.1 Å². The Morgan fingerprint density at radius 2 is 2.07 bits per heavy atom. The van der Waals surface area contributed by atoms with Gasteiger partial charge < -0.3 is 5.73 Å². The van der Waals surface area contributed by atoms with Gasteiger partial charge in [-0.1, -0.05) is 19.3 Å². The molecule has 1 aliphatic carbocycles. The Morgan fingerprint density at radius 3 is 2.64 bits per heavy atom. The van der Waals surface area contributed by atoms with Crippen molar-refractivity contribution >= 4 is 11.6 Å². The Kier molecular flexibility index (Phi) is 2.82. The molecule has 0 atom stereocenters. The molecule has 0 saturated heterocycles. The maximum Gasteiger partial charge on any atom is 0.248 e. The van der Waals surface area contributed by atoms with E-state index >= 15 is 0 Å². The molecule has 2 rings (SSSR count). The number of hydrogen-bond acceptors (Lipinski definition) is 3. The third-order valence-corrected chi connectivity index (χ3v) is 3.02. The number of hydrogen-bond donors (Lipinski definition) is 1. The van der Waals surface area contributed by atoms with Crippen molar-refractivity contribution in [2.24, 2.45) is 10.8 Å². The molecule has 1 aliphatic heterocycles. The SMILES string of the molecule is NCC1=NN(C2CCCCC2)C(=O)C1. The molecule has 1 saturated carbocycles. The van der Waals surface area contributed by atoms with Gasteiger partial charge >= 0.3 is 0 Å². The molecule has 0 aromatic heterocycles. The molecule has 0 bridgehead atoms. The lowest BCUT2D eigenvalue weighted by molar-refractivity contribution is -0.131. The first-order valence-corrected chi connectivity index (χ1v) is 5.39. The standard InChI is InChI=1S/C10H17N3O/c11-7-8-6-10(14)13(12-8)9-4-2-1-3-5-9/h9H,1-7,11H2. The van der Waals surface area contributed by atoms with E-state index in [0.717, 1.165) is 18.6 Å². The van der Waals surface area contributed by atoms with Gasteiger partial charge in [-0.2, -0.15) is 5.10 Å². The van der Waals surface area contributed by atoms with Gasteiger partial charge in [0, 0.05) is 6.54 Å². The molecule has 14 heavy (non-hydrogen) atoms. The fourth-order valence-electron chi connectivity index (χ4n) is 2.22. The van der Waals surface area contributed by atoms with Crippen LogP contribution < -0.4 is 5.73 Å². The van der Waals surface area contributed by atoms with E-state index in [1.807, 2.05) is 0 Å². The summed E-state index contributed by atoms with van der Waals surface area (Å²) in [6.45, 7) is 0.412. The quantitative estimate of drug-likeness (QED) is 0.710. The highest BCUT2D eigenvalue weighted by molar-refractivity contribution is 6.05. The largest absolute Gasteiger partial charge is 0.325 e. The number of hydrazone groups is 1. The Balaban J connectivity index is 2.02. The normalized spacial score (nSPS) is 24.2. The molecule has 78 valence electrons. The number of nitrogens with zero attached hydrogens (tertiary/aromatic N) is 2. The average molecular weight is 195 g/mol. The minimum absolute atomic E-state index is 0.136. The summed E-state index contributed by atoms with van der Waals surface area (Å²) in [4.78, 5) is 11.6. The van der Waals surface area contributed by atoms with Crippen molar-refractivity contribution in [3.05, 3.63) is 0 Å². The molecule has 1 amide bonds. The first-order chi connectivity index (χ1) is 6.81. The summed E-state index contributed by atoms with van der Waals surface area (Å²) in [6.07, 6.45) is 6.39. The van der Waals surface area contributed by atoms with Crippen molar-refractivity contribution in [2.45, 2.75) is 44.6 Å². The van der Waals surface area contributed by atoms with E-state index in [4.69, 9.17) is 5.73 Å². The van der Waals surface area contributed by atoms with Crippen LogP contribution in [-0.2, 0) is 4.79 Å². The molecular weight excluding hydrogens is 178 g/mol. The van der Waals surface area contributed by atoms with Crippen LogP contribution in [-0.4, -0.2) is 29.2 Å². The van der Waals surface area contributed by atoms with E-state index in [1.165, 1.54) is 19.3 Å². The van der Waals surface area contributed by atoms with Crippen LogP contribution in [0.1, 0.15) is 38.5 Å². The number of nitrogens with two attached hydrogens (primary N) is 1. The number of carbonyl (C=O) groups excluding carboxylic acids is 1. The van der Waals surface area contributed by atoms with Gasteiger partial charge in [0.15, 0.2) is 0 Å². The van der Waals surface area contributed by atoms with E-state index in [0.29, 0.717) is 19.0 Å². The van der Waals surface area contributed by atoms with Crippen LogP contribution in [0.2, 0.25) is 0 Å². The van der Waals surface area contributed by atoms with Crippen LogP contribution in [0.25, 0.3) is 0 Å². The maximum atomic E-state index is 11.6. The molecule has 2 aliphatic rings. The molecule has 2 N–H and O–H groups in total. The fraction of sp³-hybridized carbons (Fsp3) is 0.800. The second kappa shape index (κ2) is 4.09. The summed E-state index contributed by atoms with van der Waals surface area (Å²) < 4.78 is 0. The molecule has 4 heteroatoms. The van der Waals surface area contributed by atoms with Gasteiger partial charge in [0.25, 0.3) is 0 Å². The predicted molar refractivity (Wildman–Crippen MR) is 54.8 cm³/mol. The van der Waals surface area contributed by atoms with Gasteiger partial charge in [0.1, 0.15) is 0 Å². The monoisotopic (exact) mass is 195 g/mol. The molecule has 1 fully saturated rings. The van der Waals surface area contributed by atoms with Gasteiger partial charge in [-0.15, -0.1) is 0 Å². The molecule has 1 heterocycles.